The number of hydrogen-bond donors (Lipinski definition) is 3. The fourth-order valence-corrected chi connectivity index (χ4v) is 1.31. The van der Waals surface area contributed by atoms with Gasteiger partial charge in [-0.15, -0.1) is 0 Å². The Morgan fingerprint density at radius 2 is 1.75 bits per heavy atom. The van der Waals surface area contributed by atoms with Crippen LogP contribution in [0.5, 0.6) is 0 Å². The zero-order valence-corrected chi connectivity index (χ0v) is 9.07. The van der Waals surface area contributed by atoms with Gasteiger partial charge in [0.05, 0.1) is 0 Å². The normalized spacial score (nSPS) is 9.88. The minimum atomic E-state index is 0.548. The van der Waals surface area contributed by atoms with Gasteiger partial charge in [0.1, 0.15) is 18.0 Å². The Hall–Kier alpha value is -1.85. The summed E-state index contributed by atoms with van der Waals surface area (Å²) in [6.07, 6.45) is 1.42. The first-order valence-corrected chi connectivity index (χ1v) is 4.97. The molecule has 1 aromatic carbocycles. The van der Waals surface area contributed by atoms with E-state index in [1.165, 1.54) is 6.33 Å². The Balaban J connectivity index is 2.16. The second kappa shape index (κ2) is 4.78. The number of nitrogens with zero attached hydrogens (tertiary/aromatic N) is 2. The molecule has 0 aliphatic carbocycles. The molecule has 0 amide bonds. The Kier molecular flexibility index (Phi) is 3.19. The predicted molar refractivity (Wildman–Crippen MR) is 64.6 cm³/mol. The van der Waals surface area contributed by atoms with Crippen LogP contribution in [0.25, 0.3) is 0 Å². The van der Waals surface area contributed by atoms with Crippen LogP contribution in [-0.4, -0.2) is 9.97 Å². The molecule has 4 N–H and O–H groups in total. The van der Waals surface area contributed by atoms with E-state index in [1.807, 2.05) is 12.1 Å². The van der Waals surface area contributed by atoms with Gasteiger partial charge >= 0.3 is 0 Å². The van der Waals surface area contributed by atoms with Crippen LogP contribution in [0.4, 0.5) is 17.3 Å². The maximum Gasteiger partial charge on any atom is 0.145 e. The van der Waals surface area contributed by atoms with Crippen LogP contribution in [0.15, 0.2) is 36.7 Å². The largest absolute Gasteiger partial charge is 0.340 e. The van der Waals surface area contributed by atoms with Crippen molar-refractivity contribution >= 4 is 28.9 Å². The molecule has 0 spiro atoms. The van der Waals surface area contributed by atoms with Crippen molar-refractivity contribution in [2.24, 2.45) is 5.84 Å². The Bertz CT molecular complexity index is 471. The van der Waals surface area contributed by atoms with E-state index in [2.05, 4.69) is 20.7 Å². The number of hydrazine groups is 1. The van der Waals surface area contributed by atoms with Crippen LogP contribution in [0.1, 0.15) is 0 Å². The molecule has 5 nitrogen and oxygen atoms in total. The molecule has 0 aliphatic heterocycles. The number of anilines is 3. The third-order valence-corrected chi connectivity index (χ3v) is 2.18. The molecule has 0 atom stereocenters. The standard InChI is InChI=1S/C10H10ClN5/c11-7-1-3-8(4-2-7)15-9-5-10(16-12)14-6-13-9/h1-6H,12H2,(H2,13,14,15,16). The van der Waals surface area contributed by atoms with E-state index < -0.39 is 0 Å². The van der Waals surface area contributed by atoms with E-state index in [-0.39, 0.29) is 0 Å². The van der Waals surface area contributed by atoms with Crippen molar-refractivity contribution in [2.45, 2.75) is 0 Å². The lowest BCUT2D eigenvalue weighted by molar-refractivity contribution is 1.14. The van der Waals surface area contributed by atoms with Crippen LogP contribution >= 0.6 is 11.6 Å². The molecular weight excluding hydrogens is 226 g/mol. The molecule has 6 heteroatoms. The molecule has 0 fully saturated rings. The second-order valence-corrected chi connectivity index (χ2v) is 3.50. The lowest BCUT2D eigenvalue weighted by atomic mass is 10.3. The average molecular weight is 236 g/mol. The highest BCUT2D eigenvalue weighted by atomic mass is 35.5. The molecule has 1 aromatic heterocycles. The molecule has 2 rings (SSSR count). The summed E-state index contributed by atoms with van der Waals surface area (Å²) < 4.78 is 0. The van der Waals surface area contributed by atoms with E-state index >= 15 is 0 Å². The molecular formula is C10H10ClN5. The minimum Gasteiger partial charge on any atom is -0.340 e. The highest BCUT2D eigenvalue weighted by molar-refractivity contribution is 6.30. The maximum absolute atomic E-state index is 5.78. The van der Waals surface area contributed by atoms with Crippen molar-refractivity contribution in [3.05, 3.63) is 41.7 Å². The van der Waals surface area contributed by atoms with Gasteiger partial charge in [-0.1, -0.05) is 11.6 Å². The lowest BCUT2D eigenvalue weighted by Gasteiger charge is -2.06. The SMILES string of the molecule is NNc1cc(Nc2ccc(Cl)cc2)ncn1. The summed E-state index contributed by atoms with van der Waals surface area (Å²) >= 11 is 5.78. The van der Waals surface area contributed by atoms with Crippen molar-refractivity contribution in [1.29, 1.82) is 0 Å². The van der Waals surface area contributed by atoms with Crippen molar-refractivity contribution in [1.82, 2.24) is 9.97 Å². The van der Waals surface area contributed by atoms with E-state index in [4.69, 9.17) is 17.4 Å². The van der Waals surface area contributed by atoms with Crippen LogP contribution in [-0.2, 0) is 0 Å². The van der Waals surface area contributed by atoms with Gasteiger partial charge < -0.3 is 10.7 Å². The smallest absolute Gasteiger partial charge is 0.145 e. The van der Waals surface area contributed by atoms with Gasteiger partial charge in [-0.25, -0.2) is 15.8 Å². The summed E-state index contributed by atoms with van der Waals surface area (Å²) in [6.45, 7) is 0. The van der Waals surface area contributed by atoms with Gasteiger partial charge in [0, 0.05) is 16.8 Å². The van der Waals surface area contributed by atoms with E-state index in [1.54, 1.807) is 18.2 Å². The highest BCUT2D eigenvalue weighted by Gasteiger charge is 1.98. The number of nitrogen functional groups attached to an aromatic ring is 1. The van der Waals surface area contributed by atoms with Gasteiger partial charge in [-0.3, -0.25) is 0 Å². The predicted octanol–water partition coefficient (Wildman–Crippen LogP) is 2.16. The van der Waals surface area contributed by atoms with Crippen LogP contribution in [0.2, 0.25) is 5.02 Å². The Labute approximate surface area is 97.6 Å². The molecule has 2 aromatic rings. The molecule has 0 saturated carbocycles. The molecule has 0 aliphatic rings. The first-order chi connectivity index (χ1) is 7.78. The summed E-state index contributed by atoms with van der Waals surface area (Å²) in [4.78, 5) is 7.96. The quantitative estimate of drug-likeness (QED) is 0.562. The number of aromatic nitrogens is 2. The molecule has 82 valence electrons. The Morgan fingerprint density at radius 3 is 2.44 bits per heavy atom. The van der Waals surface area contributed by atoms with Gasteiger partial charge in [0.25, 0.3) is 0 Å². The number of rotatable bonds is 3. The number of hydrogen-bond acceptors (Lipinski definition) is 5. The number of benzene rings is 1. The summed E-state index contributed by atoms with van der Waals surface area (Å²) in [5.41, 5.74) is 3.34. The fourth-order valence-electron chi connectivity index (χ4n) is 1.19. The van der Waals surface area contributed by atoms with E-state index in [0.717, 1.165) is 5.69 Å². The molecule has 0 bridgehead atoms. The molecule has 0 radical (unpaired) electrons. The van der Waals surface area contributed by atoms with Crippen molar-refractivity contribution in [3.63, 3.8) is 0 Å². The van der Waals surface area contributed by atoms with Gasteiger partial charge in [0.15, 0.2) is 0 Å². The summed E-state index contributed by atoms with van der Waals surface area (Å²) in [5, 5.41) is 3.79. The third-order valence-electron chi connectivity index (χ3n) is 1.93. The Morgan fingerprint density at radius 1 is 1.06 bits per heavy atom. The van der Waals surface area contributed by atoms with Crippen LogP contribution in [0, 0.1) is 0 Å². The van der Waals surface area contributed by atoms with E-state index in [0.29, 0.717) is 16.7 Å². The van der Waals surface area contributed by atoms with Crippen molar-refractivity contribution < 1.29 is 0 Å². The highest BCUT2D eigenvalue weighted by Crippen LogP contribution is 2.18. The number of halogens is 1. The van der Waals surface area contributed by atoms with E-state index in [9.17, 15) is 0 Å². The summed E-state index contributed by atoms with van der Waals surface area (Å²) in [7, 11) is 0. The van der Waals surface area contributed by atoms with Gasteiger partial charge in [0.2, 0.25) is 0 Å². The van der Waals surface area contributed by atoms with Crippen molar-refractivity contribution in [2.75, 3.05) is 10.7 Å². The van der Waals surface area contributed by atoms with Gasteiger partial charge in [-0.2, -0.15) is 0 Å². The fraction of sp³-hybridized carbons (Fsp3) is 0. The van der Waals surface area contributed by atoms with Crippen molar-refractivity contribution in [3.8, 4) is 0 Å². The average Bonchev–Trinajstić information content (AvgIpc) is 2.32. The second-order valence-electron chi connectivity index (χ2n) is 3.06. The number of nitrogens with two attached hydrogens (primary N) is 1. The zero-order chi connectivity index (χ0) is 11.4. The summed E-state index contributed by atoms with van der Waals surface area (Å²) in [6, 6.07) is 9.02. The molecule has 0 unspecified atom stereocenters. The molecule has 16 heavy (non-hydrogen) atoms. The molecule has 0 saturated heterocycles. The van der Waals surface area contributed by atoms with Gasteiger partial charge in [-0.05, 0) is 24.3 Å². The summed E-state index contributed by atoms with van der Waals surface area (Å²) in [5.74, 6) is 6.45. The zero-order valence-electron chi connectivity index (χ0n) is 8.31. The van der Waals surface area contributed by atoms with Crippen LogP contribution < -0.4 is 16.6 Å². The van der Waals surface area contributed by atoms with Crippen LogP contribution in [0.3, 0.4) is 0 Å². The first kappa shape index (κ1) is 10.7. The first-order valence-electron chi connectivity index (χ1n) is 4.59. The lowest BCUT2D eigenvalue weighted by Crippen LogP contribution is -2.09. The minimum absolute atomic E-state index is 0.548. The maximum atomic E-state index is 5.78. The number of nitrogens with one attached hydrogen (secondary N) is 2. The monoisotopic (exact) mass is 235 g/mol. The third kappa shape index (κ3) is 2.59. The topological polar surface area (TPSA) is 75.9 Å². The molecule has 1 heterocycles.